The van der Waals surface area contributed by atoms with Crippen molar-refractivity contribution in [3.8, 4) is 11.4 Å². The largest absolute Gasteiger partial charge is 0.360 e. The molecule has 1 atom stereocenters. The molecule has 2 aromatic heterocycles. The first-order chi connectivity index (χ1) is 17.4. The molecule has 0 saturated carbocycles. The predicted molar refractivity (Wildman–Crippen MR) is 157 cm³/mol. The van der Waals surface area contributed by atoms with E-state index < -0.39 is 0 Å². The van der Waals surface area contributed by atoms with Crippen LogP contribution in [0.4, 0.5) is 11.5 Å². The Balaban J connectivity index is 1.46. The number of anilines is 2. The number of imidazole rings is 1. The van der Waals surface area contributed by atoms with E-state index in [0.29, 0.717) is 28.2 Å². The molecule has 1 unspecified atom stereocenters. The molecule has 0 aliphatic carbocycles. The van der Waals surface area contributed by atoms with Gasteiger partial charge in [-0.25, -0.2) is 9.97 Å². The molecule has 4 rings (SSSR count). The van der Waals surface area contributed by atoms with Gasteiger partial charge >= 0.3 is 0 Å². The van der Waals surface area contributed by atoms with Crippen molar-refractivity contribution >= 4 is 68.0 Å². The second kappa shape index (κ2) is 12.5. The molecule has 36 heavy (non-hydrogen) atoms. The van der Waals surface area contributed by atoms with Gasteiger partial charge in [0.1, 0.15) is 11.6 Å². The van der Waals surface area contributed by atoms with Crippen molar-refractivity contribution in [1.82, 2.24) is 20.3 Å². The quantitative estimate of drug-likeness (QED) is 0.174. The van der Waals surface area contributed by atoms with Gasteiger partial charge in [0.2, 0.25) is 0 Å². The lowest BCUT2D eigenvalue weighted by Crippen LogP contribution is -2.44. The van der Waals surface area contributed by atoms with E-state index in [-0.39, 0.29) is 6.04 Å². The van der Waals surface area contributed by atoms with Crippen LogP contribution in [0.3, 0.4) is 0 Å². The average molecular weight is 604 g/mol. The first-order valence-electron chi connectivity index (χ1n) is 11.4. The van der Waals surface area contributed by atoms with Crippen LogP contribution in [-0.2, 0) is 6.54 Å². The van der Waals surface area contributed by atoms with Gasteiger partial charge in [-0.3, -0.25) is 0 Å². The topological polar surface area (TPSA) is 68.9 Å². The molecular formula is C26H25BrCl2N6S. The van der Waals surface area contributed by atoms with Gasteiger partial charge in [0.15, 0.2) is 5.11 Å². The maximum atomic E-state index is 6.29. The molecule has 0 spiro atoms. The Hall–Kier alpha value is -2.65. The van der Waals surface area contributed by atoms with Crippen molar-refractivity contribution in [2.24, 2.45) is 0 Å². The molecule has 0 saturated heterocycles. The number of hydrogen-bond acceptors (Lipinski definition) is 4. The van der Waals surface area contributed by atoms with E-state index >= 15 is 0 Å². The molecule has 3 N–H and O–H groups in total. The van der Waals surface area contributed by atoms with Crippen molar-refractivity contribution in [2.75, 3.05) is 16.8 Å². The zero-order chi connectivity index (χ0) is 25.5. The zero-order valence-corrected chi connectivity index (χ0v) is 23.4. The lowest BCUT2D eigenvalue weighted by Gasteiger charge is -2.33. The Labute approximate surface area is 234 Å². The summed E-state index contributed by atoms with van der Waals surface area (Å²) >= 11 is 21.5. The SMILES string of the molecule is CCC(CNC(=S)Nc1cccc(-c2ncc[nH]2)c1)N(Cc1ccc(Cl)c(Cl)c1)c1ccc(Br)cn1. The lowest BCUT2D eigenvalue weighted by molar-refractivity contribution is 0.554. The van der Waals surface area contributed by atoms with Crippen LogP contribution in [0.25, 0.3) is 11.4 Å². The van der Waals surface area contributed by atoms with Crippen LogP contribution in [0, 0.1) is 0 Å². The van der Waals surface area contributed by atoms with Crippen molar-refractivity contribution in [3.05, 3.63) is 93.3 Å². The van der Waals surface area contributed by atoms with Crippen molar-refractivity contribution in [3.63, 3.8) is 0 Å². The summed E-state index contributed by atoms with van der Waals surface area (Å²) in [5.41, 5.74) is 2.91. The number of nitrogens with zero attached hydrogens (tertiary/aromatic N) is 3. The van der Waals surface area contributed by atoms with Crippen LogP contribution in [0.15, 0.2) is 77.7 Å². The summed E-state index contributed by atoms with van der Waals surface area (Å²) in [5, 5.41) is 8.27. The first-order valence-corrected chi connectivity index (χ1v) is 13.4. The maximum absolute atomic E-state index is 6.29. The minimum atomic E-state index is 0.113. The van der Waals surface area contributed by atoms with Crippen LogP contribution in [0.5, 0.6) is 0 Å². The maximum Gasteiger partial charge on any atom is 0.170 e. The van der Waals surface area contributed by atoms with E-state index in [9.17, 15) is 0 Å². The Morgan fingerprint density at radius 3 is 2.67 bits per heavy atom. The smallest absolute Gasteiger partial charge is 0.170 e. The van der Waals surface area contributed by atoms with Crippen LogP contribution in [-0.4, -0.2) is 32.7 Å². The first kappa shape index (κ1) is 26.4. The van der Waals surface area contributed by atoms with Crippen LogP contribution in [0.1, 0.15) is 18.9 Å². The summed E-state index contributed by atoms with van der Waals surface area (Å²) in [4.78, 5) is 14.3. The van der Waals surface area contributed by atoms with Crippen molar-refractivity contribution < 1.29 is 0 Å². The van der Waals surface area contributed by atoms with Gasteiger partial charge in [-0.15, -0.1) is 0 Å². The standard InChI is InChI=1S/C26H25BrCl2N6S/c1-2-21(15-33-26(36)34-20-5-3-4-18(13-20)25-30-10-11-31-25)35(24-9-7-19(27)14-32-24)16-17-6-8-22(28)23(29)12-17/h3-14,21H,2,15-16H2,1H3,(H,30,31)(H2,33,34,36). The summed E-state index contributed by atoms with van der Waals surface area (Å²) in [7, 11) is 0. The number of benzene rings is 2. The Morgan fingerprint density at radius 2 is 1.97 bits per heavy atom. The van der Waals surface area contributed by atoms with E-state index in [4.69, 9.17) is 35.4 Å². The number of hydrogen-bond donors (Lipinski definition) is 3. The fourth-order valence-electron chi connectivity index (χ4n) is 3.80. The van der Waals surface area contributed by atoms with Gasteiger partial charge in [0.05, 0.1) is 10.0 Å². The van der Waals surface area contributed by atoms with Gasteiger partial charge in [0.25, 0.3) is 0 Å². The third kappa shape index (κ3) is 6.97. The molecule has 0 aliphatic rings. The number of rotatable bonds is 9. The van der Waals surface area contributed by atoms with Gasteiger partial charge < -0.3 is 20.5 Å². The van der Waals surface area contributed by atoms with Crippen molar-refractivity contribution in [2.45, 2.75) is 25.9 Å². The molecule has 2 aromatic carbocycles. The van der Waals surface area contributed by atoms with Crippen molar-refractivity contribution in [1.29, 1.82) is 0 Å². The molecular weight excluding hydrogens is 579 g/mol. The molecule has 6 nitrogen and oxygen atoms in total. The lowest BCUT2D eigenvalue weighted by atomic mass is 10.1. The number of nitrogens with one attached hydrogen (secondary N) is 3. The van der Waals surface area contributed by atoms with Gasteiger partial charge in [-0.05, 0) is 76.5 Å². The molecule has 2 heterocycles. The Morgan fingerprint density at radius 1 is 1.11 bits per heavy atom. The molecule has 186 valence electrons. The molecule has 0 bridgehead atoms. The fraction of sp³-hybridized carbons (Fsp3) is 0.192. The second-order valence-electron chi connectivity index (χ2n) is 8.13. The number of thiocarbonyl (C=S) groups is 1. The van der Waals surface area contributed by atoms with Gasteiger partial charge in [-0.1, -0.05) is 48.3 Å². The predicted octanol–water partition coefficient (Wildman–Crippen LogP) is 7.31. The highest BCUT2D eigenvalue weighted by molar-refractivity contribution is 9.10. The highest BCUT2D eigenvalue weighted by atomic mass is 79.9. The molecule has 0 aliphatic heterocycles. The highest BCUT2D eigenvalue weighted by Crippen LogP contribution is 2.26. The van der Waals surface area contributed by atoms with Crippen LogP contribution in [0.2, 0.25) is 10.0 Å². The molecule has 0 radical (unpaired) electrons. The Bertz CT molecular complexity index is 1300. The number of pyridine rings is 1. The number of aromatic nitrogens is 3. The third-order valence-corrected chi connectivity index (χ3v) is 7.10. The minimum Gasteiger partial charge on any atom is -0.360 e. The third-order valence-electron chi connectivity index (χ3n) is 5.65. The summed E-state index contributed by atoms with van der Waals surface area (Å²) in [5.74, 6) is 1.67. The fourth-order valence-corrected chi connectivity index (χ4v) is 4.55. The zero-order valence-electron chi connectivity index (χ0n) is 19.5. The van der Waals surface area contributed by atoms with Crippen LogP contribution >= 0.6 is 51.3 Å². The van der Waals surface area contributed by atoms with E-state index in [1.807, 2.05) is 54.6 Å². The molecule has 10 heteroatoms. The van der Waals surface area contributed by atoms with Gasteiger partial charge in [-0.2, -0.15) is 0 Å². The second-order valence-corrected chi connectivity index (χ2v) is 10.3. The normalized spacial score (nSPS) is 11.7. The number of H-pyrrole nitrogens is 1. The number of aromatic amines is 1. The monoisotopic (exact) mass is 602 g/mol. The van der Waals surface area contributed by atoms with Gasteiger partial charge in [0, 0.05) is 53.4 Å². The average Bonchev–Trinajstić information content (AvgIpc) is 3.42. The molecule has 0 amide bonds. The van der Waals surface area contributed by atoms with E-state index in [0.717, 1.165) is 39.4 Å². The summed E-state index contributed by atoms with van der Waals surface area (Å²) in [6.45, 7) is 3.40. The molecule has 0 fully saturated rings. The van der Waals surface area contributed by atoms with E-state index in [1.165, 1.54) is 0 Å². The minimum absolute atomic E-state index is 0.113. The summed E-state index contributed by atoms with van der Waals surface area (Å²) < 4.78 is 0.925. The van der Waals surface area contributed by atoms with E-state index in [1.54, 1.807) is 18.6 Å². The molecule has 4 aromatic rings. The highest BCUT2D eigenvalue weighted by Gasteiger charge is 2.20. The summed E-state index contributed by atoms with van der Waals surface area (Å²) in [6.07, 6.45) is 6.21. The van der Waals surface area contributed by atoms with E-state index in [2.05, 4.69) is 53.3 Å². The summed E-state index contributed by atoms with van der Waals surface area (Å²) in [6, 6.07) is 17.8. The number of halogens is 3. The Kier molecular flexibility index (Phi) is 9.20. The van der Waals surface area contributed by atoms with Crippen LogP contribution < -0.4 is 15.5 Å².